The first kappa shape index (κ1) is 17.2. The Morgan fingerprint density at radius 3 is 2.52 bits per heavy atom. The van der Waals surface area contributed by atoms with E-state index in [4.69, 9.17) is 0 Å². The number of carboxylic acid groups (broad SMARTS) is 1. The van der Waals surface area contributed by atoms with E-state index in [9.17, 15) is 14.7 Å². The number of carbonyl (C=O) groups is 2. The molecule has 1 atom stereocenters. The van der Waals surface area contributed by atoms with Crippen molar-refractivity contribution >= 4 is 11.9 Å². The van der Waals surface area contributed by atoms with E-state index in [0.717, 1.165) is 29.8 Å². The van der Waals surface area contributed by atoms with Crippen LogP contribution in [0.25, 0.3) is 0 Å². The SMILES string of the molecule is Cc1cc(C)n(Cc2ccc(C(=O)N3CCCC[C@@H]3C(=O)O)cc2)n1. The van der Waals surface area contributed by atoms with Crippen molar-refractivity contribution < 1.29 is 14.7 Å². The molecule has 1 aliphatic heterocycles. The lowest BCUT2D eigenvalue weighted by molar-refractivity contribution is -0.143. The molecule has 0 saturated carbocycles. The van der Waals surface area contributed by atoms with Gasteiger partial charge in [0.05, 0.1) is 12.2 Å². The maximum atomic E-state index is 12.7. The summed E-state index contributed by atoms with van der Waals surface area (Å²) in [5, 5.41) is 13.8. The van der Waals surface area contributed by atoms with Gasteiger partial charge >= 0.3 is 5.97 Å². The number of aromatic nitrogens is 2. The van der Waals surface area contributed by atoms with Crippen molar-refractivity contribution in [2.45, 2.75) is 45.7 Å². The minimum absolute atomic E-state index is 0.204. The molecule has 2 aromatic rings. The molecule has 0 radical (unpaired) electrons. The van der Waals surface area contributed by atoms with Gasteiger partial charge < -0.3 is 10.0 Å². The number of aryl methyl sites for hydroxylation is 2. The third-order valence-corrected chi connectivity index (χ3v) is 4.69. The first-order valence-electron chi connectivity index (χ1n) is 8.59. The van der Waals surface area contributed by atoms with E-state index >= 15 is 0 Å². The molecule has 0 aliphatic carbocycles. The lowest BCUT2D eigenvalue weighted by Gasteiger charge is -2.33. The number of piperidine rings is 1. The second kappa shape index (κ2) is 7.09. The lowest BCUT2D eigenvalue weighted by atomic mass is 10.0. The third kappa shape index (κ3) is 3.73. The molecular weight excluding hydrogens is 318 g/mol. The zero-order valence-corrected chi connectivity index (χ0v) is 14.6. The quantitative estimate of drug-likeness (QED) is 0.927. The van der Waals surface area contributed by atoms with E-state index in [1.807, 2.05) is 36.7 Å². The molecule has 1 saturated heterocycles. The zero-order valence-electron chi connectivity index (χ0n) is 14.6. The second-order valence-corrected chi connectivity index (χ2v) is 6.63. The van der Waals surface area contributed by atoms with Crippen LogP contribution in [0.3, 0.4) is 0 Å². The fourth-order valence-corrected chi connectivity index (χ4v) is 3.36. The number of aliphatic carboxylic acids is 1. The van der Waals surface area contributed by atoms with Crippen LogP contribution in [0.2, 0.25) is 0 Å². The van der Waals surface area contributed by atoms with Gasteiger partial charge in [-0.25, -0.2) is 4.79 Å². The highest BCUT2D eigenvalue weighted by Gasteiger charge is 2.32. The van der Waals surface area contributed by atoms with Gasteiger partial charge in [0.15, 0.2) is 0 Å². The van der Waals surface area contributed by atoms with Crippen molar-refractivity contribution in [3.63, 3.8) is 0 Å². The minimum atomic E-state index is -0.922. The molecule has 1 amide bonds. The molecular formula is C19H23N3O3. The molecule has 0 bridgehead atoms. The predicted molar refractivity (Wildman–Crippen MR) is 93.6 cm³/mol. The van der Waals surface area contributed by atoms with Crippen LogP contribution in [0.1, 0.15) is 46.6 Å². The standard InChI is InChI=1S/C19H23N3O3/c1-13-11-14(2)22(20-13)12-15-6-8-16(9-7-15)18(23)21-10-4-3-5-17(21)19(24)25/h6-9,11,17H,3-5,10,12H2,1-2H3,(H,24,25)/t17-/m1/s1. The normalized spacial score (nSPS) is 17.5. The summed E-state index contributed by atoms with van der Waals surface area (Å²) in [6.07, 6.45) is 2.23. The van der Waals surface area contributed by atoms with Crippen molar-refractivity contribution in [1.29, 1.82) is 0 Å². The molecule has 1 N–H and O–H groups in total. The van der Waals surface area contributed by atoms with E-state index in [-0.39, 0.29) is 5.91 Å². The number of likely N-dealkylation sites (tertiary alicyclic amines) is 1. The maximum absolute atomic E-state index is 12.7. The van der Waals surface area contributed by atoms with Gasteiger partial charge in [-0.2, -0.15) is 5.10 Å². The smallest absolute Gasteiger partial charge is 0.326 e. The van der Waals surface area contributed by atoms with Crippen LogP contribution in [0.15, 0.2) is 30.3 Å². The molecule has 2 heterocycles. The maximum Gasteiger partial charge on any atom is 0.326 e. The summed E-state index contributed by atoms with van der Waals surface area (Å²) in [5.74, 6) is -1.13. The average Bonchev–Trinajstić information content (AvgIpc) is 2.92. The molecule has 132 valence electrons. The summed E-state index contributed by atoms with van der Waals surface area (Å²) < 4.78 is 1.93. The zero-order chi connectivity index (χ0) is 18.0. The minimum Gasteiger partial charge on any atom is -0.480 e. The topological polar surface area (TPSA) is 75.4 Å². The molecule has 1 aliphatic rings. The van der Waals surface area contributed by atoms with Gasteiger partial charge in [-0.1, -0.05) is 12.1 Å². The number of amides is 1. The summed E-state index contributed by atoms with van der Waals surface area (Å²) in [6, 6.07) is 8.68. The molecule has 0 unspecified atom stereocenters. The number of carboxylic acids is 1. The molecule has 1 fully saturated rings. The number of nitrogens with zero attached hydrogens (tertiary/aromatic N) is 3. The van der Waals surface area contributed by atoms with Crippen molar-refractivity contribution in [3.05, 3.63) is 52.8 Å². The number of hydrogen-bond acceptors (Lipinski definition) is 3. The van der Waals surface area contributed by atoms with Crippen molar-refractivity contribution in [2.24, 2.45) is 0 Å². The van der Waals surface area contributed by atoms with E-state index < -0.39 is 12.0 Å². The molecule has 3 rings (SSSR count). The summed E-state index contributed by atoms with van der Waals surface area (Å²) in [6.45, 7) is 5.13. The highest BCUT2D eigenvalue weighted by atomic mass is 16.4. The molecule has 25 heavy (non-hydrogen) atoms. The van der Waals surface area contributed by atoms with Gasteiger partial charge in [-0.15, -0.1) is 0 Å². The number of carbonyl (C=O) groups excluding carboxylic acids is 1. The van der Waals surface area contributed by atoms with Gasteiger partial charge in [-0.3, -0.25) is 9.48 Å². The monoisotopic (exact) mass is 341 g/mol. The lowest BCUT2D eigenvalue weighted by Crippen LogP contribution is -2.47. The van der Waals surface area contributed by atoms with Crippen LogP contribution in [-0.4, -0.2) is 44.3 Å². The van der Waals surface area contributed by atoms with Crippen LogP contribution in [0.4, 0.5) is 0 Å². The summed E-state index contributed by atoms with van der Waals surface area (Å²) >= 11 is 0. The van der Waals surface area contributed by atoms with Crippen LogP contribution >= 0.6 is 0 Å². The van der Waals surface area contributed by atoms with Gasteiger partial charge in [0, 0.05) is 17.8 Å². The Morgan fingerprint density at radius 2 is 1.92 bits per heavy atom. The number of hydrogen-bond donors (Lipinski definition) is 1. The molecule has 0 spiro atoms. The molecule has 1 aromatic carbocycles. The van der Waals surface area contributed by atoms with Gasteiger partial charge in [0.2, 0.25) is 0 Å². The summed E-state index contributed by atoms with van der Waals surface area (Å²) in [4.78, 5) is 25.6. The van der Waals surface area contributed by atoms with Crippen LogP contribution in [0.5, 0.6) is 0 Å². The van der Waals surface area contributed by atoms with Gasteiger partial charge in [0.1, 0.15) is 6.04 Å². The highest BCUT2D eigenvalue weighted by Crippen LogP contribution is 2.20. The van der Waals surface area contributed by atoms with Crippen molar-refractivity contribution in [2.75, 3.05) is 6.54 Å². The van der Waals surface area contributed by atoms with Gasteiger partial charge in [0.25, 0.3) is 5.91 Å². The molecule has 1 aromatic heterocycles. The fraction of sp³-hybridized carbons (Fsp3) is 0.421. The van der Waals surface area contributed by atoms with E-state index in [0.29, 0.717) is 25.1 Å². The Hall–Kier alpha value is -2.63. The van der Waals surface area contributed by atoms with E-state index in [2.05, 4.69) is 5.10 Å². The van der Waals surface area contributed by atoms with Crippen molar-refractivity contribution in [1.82, 2.24) is 14.7 Å². The number of benzene rings is 1. The summed E-state index contributed by atoms with van der Waals surface area (Å²) in [7, 11) is 0. The highest BCUT2D eigenvalue weighted by molar-refractivity contribution is 5.96. The Morgan fingerprint density at radius 1 is 1.20 bits per heavy atom. The van der Waals surface area contributed by atoms with E-state index in [1.165, 1.54) is 4.90 Å². The number of rotatable bonds is 4. The summed E-state index contributed by atoms with van der Waals surface area (Å²) in [5.41, 5.74) is 3.66. The van der Waals surface area contributed by atoms with Crippen LogP contribution < -0.4 is 0 Å². The molecule has 6 nitrogen and oxygen atoms in total. The van der Waals surface area contributed by atoms with Gasteiger partial charge in [-0.05, 0) is 56.9 Å². The predicted octanol–water partition coefficient (Wildman–Crippen LogP) is 2.63. The Bertz CT molecular complexity index is 780. The largest absolute Gasteiger partial charge is 0.480 e. The second-order valence-electron chi connectivity index (χ2n) is 6.63. The fourth-order valence-electron chi connectivity index (χ4n) is 3.36. The Balaban J connectivity index is 1.74. The average molecular weight is 341 g/mol. The molecule has 6 heteroatoms. The van der Waals surface area contributed by atoms with Crippen molar-refractivity contribution in [3.8, 4) is 0 Å². The van der Waals surface area contributed by atoms with Crippen LogP contribution in [-0.2, 0) is 11.3 Å². The Kier molecular flexibility index (Phi) is 4.88. The third-order valence-electron chi connectivity index (χ3n) is 4.69. The van der Waals surface area contributed by atoms with Crippen LogP contribution in [0, 0.1) is 13.8 Å². The van der Waals surface area contributed by atoms with E-state index in [1.54, 1.807) is 12.1 Å². The first-order valence-corrected chi connectivity index (χ1v) is 8.59. The Labute approximate surface area is 147 Å². The first-order chi connectivity index (χ1) is 12.0.